The van der Waals surface area contributed by atoms with Crippen molar-refractivity contribution in [3.63, 3.8) is 0 Å². The number of rotatable bonds is 1. The van der Waals surface area contributed by atoms with Gasteiger partial charge in [0.1, 0.15) is 5.60 Å². The normalized spacial score (nSPS) is 24.6. The van der Waals surface area contributed by atoms with Gasteiger partial charge in [0.15, 0.2) is 0 Å². The van der Waals surface area contributed by atoms with Crippen LogP contribution in [0.1, 0.15) is 34.1 Å². The minimum absolute atomic E-state index is 0.181. The Morgan fingerprint density at radius 3 is 2.44 bits per heavy atom. The maximum Gasteiger partial charge on any atom is 0.407 e. The molecule has 0 spiro atoms. The summed E-state index contributed by atoms with van der Waals surface area (Å²) >= 11 is 0. The molecule has 2 N–H and O–H groups in total. The fourth-order valence-electron chi connectivity index (χ4n) is 2.09. The number of hydrogen-bond donors (Lipinski definition) is 2. The van der Waals surface area contributed by atoms with Gasteiger partial charge >= 0.3 is 12.2 Å². The number of nitrogens with one attached hydrogen (secondary N) is 1. The molecule has 0 unspecified atom stereocenters. The third kappa shape index (κ3) is 4.81. The molecule has 6 nitrogen and oxygen atoms in total. The van der Waals surface area contributed by atoms with E-state index in [0.29, 0.717) is 13.1 Å². The largest absolute Gasteiger partial charge is 0.465 e. The number of hydrogen-bond acceptors (Lipinski definition) is 3. The van der Waals surface area contributed by atoms with Gasteiger partial charge in [-0.05, 0) is 33.1 Å². The van der Waals surface area contributed by atoms with E-state index in [-0.39, 0.29) is 12.0 Å². The summed E-state index contributed by atoms with van der Waals surface area (Å²) in [6.45, 7) is 8.18. The first-order chi connectivity index (χ1) is 8.17. The quantitative estimate of drug-likeness (QED) is 0.753. The van der Waals surface area contributed by atoms with Crippen LogP contribution in [0.2, 0.25) is 0 Å². The molecule has 0 bridgehead atoms. The van der Waals surface area contributed by atoms with Gasteiger partial charge in [-0.3, -0.25) is 0 Å². The lowest BCUT2D eigenvalue weighted by Crippen LogP contribution is -2.52. The maximum atomic E-state index is 11.6. The molecule has 1 fully saturated rings. The molecule has 2 atom stereocenters. The second kappa shape index (κ2) is 5.46. The summed E-state index contributed by atoms with van der Waals surface area (Å²) < 4.78 is 5.16. The lowest BCUT2D eigenvalue weighted by atomic mass is 9.96. The van der Waals surface area contributed by atoms with E-state index in [1.165, 1.54) is 4.90 Å². The number of piperidine rings is 1. The van der Waals surface area contributed by atoms with Gasteiger partial charge in [0.2, 0.25) is 0 Å². The topological polar surface area (TPSA) is 78.9 Å². The first-order valence-electron chi connectivity index (χ1n) is 6.15. The molecule has 1 saturated heterocycles. The summed E-state index contributed by atoms with van der Waals surface area (Å²) in [4.78, 5) is 23.9. The van der Waals surface area contributed by atoms with Crippen LogP contribution in [0.15, 0.2) is 0 Å². The Hall–Kier alpha value is -1.46. The molecule has 18 heavy (non-hydrogen) atoms. The minimum Gasteiger partial charge on any atom is -0.465 e. The zero-order valence-corrected chi connectivity index (χ0v) is 11.4. The van der Waals surface area contributed by atoms with Crippen LogP contribution in [0, 0.1) is 5.92 Å². The van der Waals surface area contributed by atoms with Gasteiger partial charge in [-0.25, -0.2) is 9.59 Å². The Morgan fingerprint density at radius 2 is 1.94 bits per heavy atom. The third-order valence-electron chi connectivity index (χ3n) is 2.65. The first-order valence-corrected chi connectivity index (χ1v) is 6.15. The molecule has 2 amide bonds. The van der Waals surface area contributed by atoms with Gasteiger partial charge in [-0.15, -0.1) is 0 Å². The third-order valence-corrected chi connectivity index (χ3v) is 2.65. The van der Waals surface area contributed by atoms with Crippen molar-refractivity contribution >= 4 is 12.2 Å². The van der Waals surface area contributed by atoms with Crippen molar-refractivity contribution in [2.75, 3.05) is 13.1 Å². The van der Waals surface area contributed by atoms with Crippen LogP contribution in [0.5, 0.6) is 0 Å². The number of amides is 2. The smallest absolute Gasteiger partial charge is 0.407 e. The van der Waals surface area contributed by atoms with Crippen molar-refractivity contribution in [2.24, 2.45) is 5.92 Å². The summed E-state index contributed by atoms with van der Waals surface area (Å²) in [7, 11) is 0. The van der Waals surface area contributed by atoms with Crippen LogP contribution in [0.4, 0.5) is 9.59 Å². The van der Waals surface area contributed by atoms with Gasteiger partial charge in [0.05, 0.1) is 6.04 Å². The van der Waals surface area contributed by atoms with Gasteiger partial charge < -0.3 is 20.1 Å². The Morgan fingerprint density at radius 1 is 1.33 bits per heavy atom. The van der Waals surface area contributed by atoms with Gasteiger partial charge in [0.25, 0.3) is 0 Å². The van der Waals surface area contributed by atoms with Crippen LogP contribution in [-0.2, 0) is 4.74 Å². The highest BCUT2D eigenvalue weighted by Crippen LogP contribution is 2.17. The number of nitrogens with zero attached hydrogens (tertiary/aromatic N) is 1. The fraction of sp³-hybridized carbons (Fsp3) is 0.833. The second-order valence-electron chi connectivity index (χ2n) is 5.87. The van der Waals surface area contributed by atoms with E-state index in [1.807, 2.05) is 6.92 Å². The maximum absolute atomic E-state index is 11.6. The van der Waals surface area contributed by atoms with Crippen LogP contribution in [0.25, 0.3) is 0 Å². The summed E-state index contributed by atoms with van der Waals surface area (Å²) in [6, 6.07) is -0.181. The van der Waals surface area contributed by atoms with Crippen molar-refractivity contribution in [3.05, 3.63) is 0 Å². The van der Waals surface area contributed by atoms with Gasteiger partial charge in [-0.1, -0.05) is 6.92 Å². The molecule has 104 valence electrons. The lowest BCUT2D eigenvalue weighted by Gasteiger charge is -2.35. The predicted molar refractivity (Wildman–Crippen MR) is 66.5 cm³/mol. The van der Waals surface area contributed by atoms with E-state index in [1.54, 1.807) is 20.8 Å². The van der Waals surface area contributed by atoms with Gasteiger partial charge in [-0.2, -0.15) is 0 Å². The van der Waals surface area contributed by atoms with E-state index >= 15 is 0 Å². The Kier molecular flexibility index (Phi) is 4.43. The molecule has 1 rings (SSSR count). The van der Waals surface area contributed by atoms with Crippen LogP contribution in [-0.4, -0.2) is 46.9 Å². The number of carbonyl (C=O) groups is 2. The highest BCUT2D eigenvalue weighted by molar-refractivity contribution is 5.69. The zero-order chi connectivity index (χ0) is 13.9. The van der Waals surface area contributed by atoms with Crippen LogP contribution >= 0.6 is 0 Å². The lowest BCUT2D eigenvalue weighted by molar-refractivity contribution is 0.0450. The predicted octanol–water partition coefficient (Wildman–Crippen LogP) is 1.90. The minimum atomic E-state index is -0.947. The van der Waals surface area contributed by atoms with Crippen molar-refractivity contribution in [1.82, 2.24) is 10.2 Å². The standard InChI is InChI=1S/C12H22N2O4/c1-8-5-9(7-14(6-8)11(16)17)13-10(15)18-12(2,3)4/h8-9H,5-7H2,1-4H3,(H,13,15)(H,16,17)/t8-,9-/m0/s1. The van der Waals surface area contributed by atoms with Crippen molar-refractivity contribution in [2.45, 2.75) is 45.8 Å². The SMILES string of the molecule is C[C@H]1C[C@H](NC(=O)OC(C)(C)C)CN(C(=O)O)C1. The van der Waals surface area contributed by atoms with Gasteiger partial charge in [0, 0.05) is 13.1 Å². The summed E-state index contributed by atoms with van der Waals surface area (Å²) in [5.41, 5.74) is -0.545. The Bertz CT molecular complexity index is 325. The number of alkyl carbamates (subject to hydrolysis) is 1. The molecule has 1 aliphatic heterocycles. The Labute approximate surface area is 107 Å². The number of carboxylic acid groups (broad SMARTS) is 1. The molecule has 6 heteroatoms. The summed E-state index contributed by atoms with van der Waals surface area (Å²) in [5.74, 6) is 0.231. The van der Waals surface area contributed by atoms with E-state index in [2.05, 4.69) is 5.32 Å². The first kappa shape index (κ1) is 14.6. The second-order valence-corrected chi connectivity index (χ2v) is 5.87. The Balaban J connectivity index is 2.51. The fourth-order valence-corrected chi connectivity index (χ4v) is 2.09. The highest BCUT2D eigenvalue weighted by atomic mass is 16.6. The molecule has 1 heterocycles. The number of carbonyl (C=O) groups excluding carboxylic acids is 1. The molecular formula is C12H22N2O4. The van der Waals surface area contributed by atoms with E-state index < -0.39 is 17.8 Å². The van der Waals surface area contributed by atoms with Crippen LogP contribution in [0.3, 0.4) is 0 Å². The molecule has 0 aromatic carbocycles. The molecule has 0 aromatic heterocycles. The molecule has 0 radical (unpaired) electrons. The van der Waals surface area contributed by atoms with E-state index in [0.717, 1.165) is 6.42 Å². The van der Waals surface area contributed by atoms with E-state index in [9.17, 15) is 9.59 Å². The molecule has 0 aliphatic carbocycles. The molecule has 0 saturated carbocycles. The molecule has 1 aliphatic rings. The zero-order valence-electron chi connectivity index (χ0n) is 11.4. The van der Waals surface area contributed by atoms with Crippen molar-refractivity contribution in [1.29, 1.82) is 0 Å². The highest BCUT2D eigenvalue weighted by Gasteiger charge is 2.29. The summed E-state index contributed by atoms with van der Waals surface area (Å²) in [5, 5.41) is 11.7. The van der Waals surface area contributed by atoms with Crippen LogP contribution < -0.4 is 5.32 Å². The average Bonchev–Trinajstić information content (AvgIpc) is 2.12. The molecule has 0 aromatic rings. The molecular weight excluding hydrogens is 236 g/mol. The van der Waals surface area contributed by atoms with E-state index in [4.69, 9.17) is 9.84 Å². The number of ether oxygens (including phenoxy) is 1. The number of likely N-dealkylation sites (tertiary alicyclic amines) is 1. The monoisotopic (exact) mass is 258 g/mol. The van der Waals surface area contributed by atoms with Crippen molar-refractivity contribution < 1.29 is 19.4 Å². The van der Waals surface area contributed by atoms with Crippen molar-refractivity contribution in [3.8, 4) is 0 Å². The summed E-state index contributed by atoms with van der Waals surface area (Å²) in [6.07, 6.45) is -0.673. The average molecular weight is 258 g/mol.